The zero-order valence-electron chi connectivity index (χ0n) is 6.57. The molecule has 1 heterocycles. The predicted octanol–water partition coefficient (Wildman–Crippen LogP) is -3.81. The molecule has 0 saturated carbocycles. The molecule has 0 N–H and O–H groups in total. The molecule has 0 radical (unpaired) electrons. The van der Waals surface area contributed by atoms with Crippen molar-refractivity contribution in [1.29, 1.82) is 0 Å². The second-order valence-electron chi connectivity index (χ2n) is 1.78. The van der Waals surface area contributed by atoms with Gasteiger partial charge >= 0.3 is 51.4 Å². The van der Waals surface area contributed by atoms with Crippen LogP contribution in [0.4, 0.5) is 0 Å². The first kappa shape index (κ1) is 11.8. The Kier molecular flexibility index (Phi) is 6.25. The second-order valence-corrected chi connectivity index (χ2v) is 1.78. The Morgan fingerprint density at radius 2 is 2.33 bits per heavy atom. The number of carbonyl (C=O) groups is 1. The number of carboxylic acid groups (broad SMARTS) is 1. The van der Waals surface area contributed by atoms with Crippen molar-refractivity contribution >= 4 is 5.97 Å². The van der Waals surface area contributed by atoms with Crippen LogP contribution < -0.4 is 56.5 Å². The number of pyridine rings is 1. The molecule has 1 aromatic rings. The van der Waals surface area contributed by atoms with E-state index < -0.39 is 5.97 Å². The van der Waals surface area contributed by atoms with Gasteiger partial charge in [-0.3, -0.25) is 4.98 Å². The van der Waals surface area contributed by atoms with Gasteiger partial charge in [0.25, 0.3) is 0 Å². The van der Waals surface area contributed by atoms with Crippen LogP contribution in [0.25, 0.3) is 0 Å². The monoisotopic (exact) mass is 185 g/mol. The minimum Gasteiger partial charge on any atom is -0.537 e. The summed E-state index contributed by atoms with van der Waals surface area (Å²) in [5, 5.41) is 9.87. The van der Waals surface area contributed by atoms with Crippen molar-refractivity contribution in [1.82, 2.24) is 4.98 Å². The van der Waals surface area contributed by atoms with Crippen LogP contribution in [-0.4, -0.2) is 11.0 Å². The summed E-state index contributed by atoms with van der Waals surface area (Å²) in [4.78, 5) is 13.6. The van der Waals surface area contributed by atoms with E-state index >= 15 is 0 Å². The number of nitrogens with zero attached hydrogens (tertiary/aromatic N) is 1. The molecule has 0 fully saturated rings. The minimum atomic E-state index is -1.38. The molecule has 0 aliphatic heterocycles. The van der Waals surface area contributed by atoms with Gasteiger partial charge in [-0.15, -0.1) is 0 Å². The molecule has 0 saturated heterocycles. The maximum Gasteiger partial charge on any atom is 1.00 e. The summed E-state index contributed by atoms with van der Waals surface area (Å²) in [6, 6.07) is 3.35. The minimum absolute atomic E-state index is 0. The molecule has 0 aliphatic rings. The molecule has 0 aromatic carbocycles. The topological polar surface area (TPSA) is 53.0 Å². The summed E-state index contributed by atoms with van der Waals surface area (Å²) in [5.41, 5.74) is 0.566. The molecule has 0 spiro atoms. The summed E-state index contributed by atoms with van der Waals surface area (Å²) >= 11 is 0. The fourth-order valence-electron chi connectivity index (χ4n) is 0.560. The molecule has 0 bridgehead atoms. The van der Waals surface area contributed by atoms with E-state index in [1.165, 1.54) is 6.20 Å². The molecule has 1 aromatic heterocycles. The SMILES string of the molecule is O=C([O-])C#Cc1cccnc1.[K+]. The number of hydrogen-bond acceptors (Lipinski definition) is 3. The average molecular weight is 185 g/mol. The Hall–Kier alpha value is -0.184. The Labute approximate surface area is 113 Å². The van der Waals surface area contributed by atoms with E-state index in [0.717, 1.165) is 0 Å². The molecule has 0 atom stereocenters. The Bertz CT molecular complexity index is 313. The van der Waals surface area contributed by atoms with Crippen molar-refractivity contribution in [2.75, 3.05) is 0 Å². The normalized spacial score (nSPS) is 7.33. The first-order valence-electron chi connectivity index (χ1n) is 2.92. The Morgan fingerprint density at radius 3 is 2.83 bits per heavy atom. The molecule has 4 heteroatoms. The van der Waals surface area contributed by atoms with Gasteiger partial charge in [0, 0.05) is 18.0 Å². The van der Waals surface area contributed by atoms with Crippen LogP contribution >= 0.6 is 0 Å². The quantitative estimate of drug-likeness (QED) is 0.307. The van der Waals surface area contributed by atoms with Crippen molar-refractivity contribution in [3.63, 3.8) is 0 Å². The molecule has 0 unspecified atom stereocenters. The third-order valence-corrected chi connectivity index (χ3v) is 0.970. The van der Waals surface area contributed by atoms with Crippen molar-refractivity contribution in [3.8, 4) is 11.8 Å². The third kappa shape index (κ3) is 4.65. The van der Waals surface area contributed by atoms with Crippen LogP contribution in [0.15, 0.2) is 24.5 Å². The number of rotatable bonds is 0. The van der Waals surface area contributed by atoms with Crippen molar-refractivity contribution < 1.29 is 61.3 Å². The van der Waals surface area contributed by atoms with Gasteiger partial charge in [0.15, 0.2) is 0 Å². The van der Waals surface area contributed by atoms with Crippen LogP contribution in [0.3, 0.4) is 0 Å². The van der Waals surface area contributed by atoms with Gasteiger partial charge < -0.3 is 9.90 Å². The van der Waals surface area contributed by atoms with Crippen LogP contribution in [0.2, 0.25) is 0 Å². The zero-order valence-corrected chi connectivity index (χ0v) is 9.70. The summed E-state index contributed by atoms with van der Waals surface area (Å²) < 4.78 is 0. The van der Waals surface area contributed by atoms with Crippen LogP contribution in [-0.2, 0) is 4.79 Å². The second kappa shape index (κ2) is 6.35. The van der Waals surface area contributed by atoms with Gasteiger partial charge in [-0.05, 0) is 18.1 Å². The first-order valence-corrected chi connectivity index (χ1v) is 2.92. The number of aliphatic carboxylic acids is 1. The molecule has 0 aliphatic carbocycles. The van der Waals surface area contributed by atoms with Gasteiger partial charge in [0.05, 0.1) is 0 Å². The van der Waals surface area contributed by atoms with Gasteiger partial charge in [-0.25, -0.2) is 0 Å². The maximum atomic E-state index is 9.87. The van der Waals surface area contributed by atoms with Crippen LogP contribution in [0.1, 0.15) is 5.56 Å². The number of hydrogen-bond donors (Lipinski definition) is 0. The number of carbonyl (C=O) groups excluding carboxylic acids is 1. The number of aromatic nitrogens is 1. The zero-order chi connectivity index (χ0) is 8.10. The summed E-state index contributed by atoms with van der Waals surface area (Å²) in [6.07, 6.45) is 3.07. The molecule has 1 rings (SSSR count). The van der Waals surface area contributed by atoms with Crippen molar-refractivity contribution in [2.24, 2.45) is 0 Å². The summed E-state index contributed by atoms with van der Waals surface area (Å²) in [7, 11) is 0. The molecule has 12 heavy (non-hydrogen) atoms. The molecule has 3 nitrogen and oxygen atoms in total. The maximum absolute atomic E-state index is 9.87. The van der Waals surface area contributed by atoms with Crippen molar-refractivity contribution in [2.45, 2.75) is 0 Å². The fourth-order valence-corrected chi connectivity index (χ4v) is 0.560. The van der Waals surface area contributed by atoms with E-state index in [1.807, 2.05) is 5.92 Å². The smallest absolute Gasteiger partial charge is 0.537 e. The largest absolute Gasteiger partial charge is 1.00 e. The van der Waals surface area contributed by atoms with E-state index in [4.69, 9.17) is 0 Å². The van der Waals surface area contributed by atoms with Gasteiger partial charge in [0.1, 0.15) is 5.97 Å². The van der Waals surface area contributed by atoms with Crippen LogP contribution in [0, 0.1) is 11.8 Å². The molecule has 0 amide bonds. The summed E-state index contributed by atoms with van der Waals surface area (Å²) in [5.74, 6) is 2.87. The first-order chi connectivity index (χ1) is 5.29. The van der Waals surface area contributed by atoms with E-state index in [0.29, 0.717) is 5.56 Å². The van der Waals surface area contributed by atoms with Crippen LogP contribution in [0.5, 0.6) is 0 Å². The third-order valence-electron chi connectivity index (χ3n) is 0.970. The van der Waals surface area contributed by atoms with E-state index in [-0.39, 0.29) is 51.4 Å². The van der Waals surface area contributed by atoms with Gasteiger partial charge in [0.2, 0.25) is 0 Å². The van der Waals surface area contributed by atoms with Gasteiger partial charge in [-0.2, -0.15) is 0 Å². The molecular weight excluding hydrogens is 181 g/mol. The van der Waals surface area contributed by atoms with E-state index in [2.05, 4.69) is 10.9 Å². The Morgan fingerprint density at radius 1 is 1.58 bits per heavy atom. The molecule has 54 valence electrons. The van der Waals surface area contributed by atoms with Crippen molar-refractivity contribution in [3.05, 3.63) is 30.1 Å². The fraction of sp³-hybridized carbons (Fsp3) is 0. The number of carboxylic acids is 1. The van der Waals surface area contributed by atoms with E-state index in [1.54, 1.807) is 18.3 Å². The Balaban J connectivity index is 0.00000121. The van der Waals surface area contributed by atoms with Gasteiger partial charge in [-0.1, -0.05) is 5.92 Å². The predicted molar refractivity (Wildman–Crippen MR) is 36.1 cm³/mol. The average Bonchev–Trinajstić information content (AvgIpc) is 2.03. The molecular formula is C8H4KNO2. The summed E-state index contributed by atoms with van der Waals surface area (Å²) in [6.45, 7) is 0. The standard InChI is InChI=1S/C8H5NO2.K/c10-8(11)4-3-7-2-1-5-9-6-7;/h1-2,5-6H,(H,10,11);/q;+1/p-1. The van der Waals surface area contributed by atoms with E-state index in [9.17, 15) is 9.90 Å².